The molecule has 0 saturated carbocycles. The molecule has 0 spiro atoms. The first kappa shape index (κ1) is 8.59. The van der Waals surface area contributed by atoms with E-state index in [1.165, 1.54) is 0 Å². The monoisotopic (exact) mass is 203 g/mol. The molecule has 2 heterocycles. The molecule has 0 amide bonds. The third-order valence-corrected chi connectivity index (χ3v) is 2.12. The summed E-state index contributed by atoms with van der Waals surface area (Å²) in [6.45, 7) is 0. The first-order valence-corrected chi connectivity index (χ1v) is 4.53. The van der Waals surface area contributed by atoms with Crippen molar-refractivity contribution in [2.45, 2.75) is 0 Å². The molecule has 0 unspecified atom stereocenters. The van der Waals surface area contributed by atoms with E-state index in [9.17, 15) is 0 Å². The van der Waals surface area contributed by atoms with E-state index in [0.717, 1.165) is 11.5 Å². The van der Waals surface area contributed by atoms with Crippen LogP contribution in [0.1, 0.15) is 5.56 Å². The Kier molecular flexibility index (Phi) is 2.08. The molecule has 2 aromatic heterocycles. The number of pyridine rings is 1. The smallest absolute Gasteiger partial charge is 0.200 e. The summed E-state index contributed by atoms with van der Waals surface area (Å²) < 4.78 is 3.99. The van der Waals surface area contributed by atoms with Crippen LogP contribution in [-0.2, 0) is 0 Å². The number of hydrogen-bond donors (Lipinski definition) is 1. The summed E-state index contributed by atoms with van der Waals surface area (Å²) in [4.78, 5) is 8.00. The van der Waals surface area contributed by atoms with Gasteiger partial charge in [0.25, 0.3) is 0 Å². The van der Waals surface area contributed by atoms with Gasteiger partial charge in [-0.15, -0.1) is 0 Å². The zero-order valence-corrected chi connectivity index (χ0v) is 7.82. The van der Waals surface area contributed by atoms with Crippen molar-refractivity contribution in [3.05, 3.63) is 23.9 Å². The summed E-state index contributed by atoms with van der Waals surface area (Å²) in [5.74, 6) is 0.407. The molecule has 0 aliphatic carbocycles. The lowest BCUT2D eigenvalue weighted by Crippen LogP contribution is -1.90. The molecule has 6 heteroatoms. The molecule has 0 aromatic carbocycles. The summed E-state index contributed by atoms with van der Waals surface area (Å²) in [6.07, 6.45) is 1.59. The van der Waals surface area contributed by atoms with Gasteiger partial charge in [-0.25, -0.2) is 0 Å². The summed E-state index contributed by atoms with van der Waals surface area (Å²) in [5, 5.41) is 9.18. The van der Waals surface area contributed by atoms with Crippen LogP contribution in [0.5, 0.6) is 0 Å². The average molecular weight is 203 g/mol. The summed E-state index contributed by atoms with van der Waals surface area (Å²) in [7, 11) is 0. The fraction of sp³-hybridized carbons (Fsp3) is 0. The molecule has 0 fully saturated rings. The first-order chi connectivity index (χ1) is 6.81. The van der Waals surface area contributed by atoms with Crippen molar-refractivity contribution in [3.63, 3.8) is 0 Å². The van der Waals surface area contributed by atoms with Crippen molar-refractivity contribution in [2.24, 2.45) is 0 Å². The van der Waals surface area contributed by atoms with Gasteiger partial charge < -0.3 is 5.73 Å². The SMILES string of the molecule is N#Cc1cccnc1-c1nsc(N)n1. The van der Waals surface area contributed by atoms with E-state index in [4.69, 9.17) is 11.0 Å². The summed E-state index contributed by atoms with van der Waals surface area (Å²) in [6, 6.07) is 5.38. The van der Waals surface area contributed by atoms with Crippen molar-refractivity contribution in [3.8, 4) is 17.6 Å². The number of nitrogens with two attached hydrogens (primary N) is 1. The van der Waals surface area contributed by atoms with Gasteiger partial charge in [0.05, 0.1) is 5.56 Å². The Morgan fingerprint density at radius 3 is 3.00 bits per heavy atom. The van der Waals surface area contributed by atoms with Crippen LogP contribution in [0.25, 0.3) is 11.5 Å². The molecule has 14 heavy (non-hydrogen) atoms. The predicted molar refractivity (Wildman–Crippen MR) is 52.3 cm³/mol. The lowest BCUT2D eigenvalue weighted by Gasteiger charge is -1.95. The molecule has 2 aromatic rings. The van der Waals surface area contributed by atoms with Crippen LogP contribution in [-0.4, -0.2) is 14.3 Å². The van der Waals surface area contributed by atoms with Gasteiger partial charge in [-0.3, -0.25) is 4.98 Å². The molecule has 0 atom stereocenters. The molecule has 68 valence electrons. The zero-order chi connectivity index (χ0) is 9.97. The molecule has 0 aliphatic rings. The molecular formula is C8H5N5S. The van der Waals surface area contributed by atoms with E-state index < -0.39 is 0 Å². The maximum atomic E-state index is 8.81. The van der Waals surface area contributed by atoms with E-state index in [-0.39, 0.29) is 0 Å². The van der Waals surface area contributed by atoms with Gasteiger partial charge in [-0.1, -0.05) is 0 Å². The largest absolute Gasteiger partial charge is 0.374 e. The number of rotatable bonds is 1. The third kappa shape index (κ3) is 1.41. The van der Waals surface area contributed by atoms with Crippen molar-refractivity contribution < 1.29 is 0 Å². The van der Waals surface area contributed by atoms with Gasteiger partial charge in [-0.2, -0.15) is 14.6 Å². The highest BCUT2D eigenvalue weighted by atomic mass is 32.1. The minimum absolute atomic E-state index is 0.370. The van der Waals surface area contributed by atoms with E-state index in [2.05, 4.69) is 14.3 Å². The molecule has 2 N–H and O–H groups in total. The normalized spacial score (nSPS) is 9.64. The summed E-state index contributed by atoms with van der Waals surface area (Å²) in [5.41, 5.74) is 6.37. The Morgan fingerprint density at radius 2 is 2.36 bits per heavy atom. The Bertz CT molecular complexity index is 498. The van der Waals surface area contributed by atoms with Crippen molar-refractivity contribution in [1.82, 2.24) is 14.3 Å². The minimum atomic E-state index is 0.370. The molecule has 0 bridgehead atoms. The van der Waals surface area contributed by atoms with Crippen molar-refractivity contribution in [1.29, 1.82) is 5.26 Å². The molecule has 0 aliphatic heterocycles. The number of anilines is 1. The van der Waals surface area contributed by atoms with Gasteiger partial charge in [0.15, 0.2) is 11.0 Å². The van der Waals surface area contributed by atoms with Gasteiger partial charge >= 0.3 is 0 Å². The quantitative estimate of drug-likeness (QED) is 0.748. The topological polar surface area (TPSA) is 88.5 Å². The van der Waals surface area contributed by atoms with E-state index >= 15 is 0 Å². The molecular weight excluding hydrogens is 198 g/mol. The second-order valence-electron chi connectivity index (χ2n) is 2.47. The number of nitrogen functional groups attached to an aromatic ring is 1. The maximum absolute atomic E-state index is 8.81. The zero-order valence-electron chi connectivity index (χ0n) is 7.01. The highest BCUT2D eigenvalue weighted by molar-refractivity contribution is 7.09. The Morgan fingerprint density at radius 1 is 1.50 bits per heavy atom. The molecule has 2 rings (SSSR count). The van der Waals surface area contributed by atoms with Crippen LogP contribution in [0.3, 0.4) is 0 Å². The number of hydrogen-bond acceptors (Lipinski definition) is 6. The predicted octanol–water partition coefficient (Wildman–Crippen LogP) is 1.05. The van der Waals surface area contributed by atoms with Gasteiger partial charge in [0.1, 0.15) is 11.8 Å². The van der Waals surface area contributed by atoms with E-state index in [1.807, 2.05) is 6.07 Å². The van der Waals surface area contributed by atoms with Crippen molar-refractivity contribution in [2.75, 3.05) is 5.73 Å². The highest BCUT2D eigenvalue weighted by Crippen LogP contribution is 2.19. The molecule has 0 radical (unpaired) electrons. The van der Waals surface area contributed by atoms with Crippen LogP contribution in [0.2, 0.25) is 0 Å². The maximum Gasteiger partial charge on any atom is 0.200 e. The molecule has 5 nitrogen and oxygen atoms in total. The lowest BCUT2D eigenvalue weighted by atomic mass is 10.2. The van der Waals surface area contributed by atoms with Crippen LogP contribution in [0.4, 0.5) is 5.13 Å². The van der Waals surface area contributed by atoms with Crippen LogP contribution < -0.4 is 5.73 Å². The second kappa shape index (κ2) is 3.40. The Hall–Kier alpha value is -2.00. The van der Waals surface area contributed by atoms with E-state index in [1.54, 1.807) is 18.3 Å². The average Bonchev–Trinajstić information content (AvgIpc) is 2.65. The fourth-order valence-corrected chi connectivity index (χ4v) is 1.44. The third-order valence-electron chi connectivity index (χ3n) is 1.58. The Balaban J connectivity index is 2.57. The highest BCUT2D eigenvalue weighted by Gasteiger charge is 2.10. The van der Waals surface area contributed by atoms with Gasteiger partial charge in [0.2, 0.25) is 0 Å². The summed E-state index contributed by atoms with van der Waals surface area (Å²) >= 11 is 1.09. The van der Waals surface area contributed by atoms with E-state index in [0.29, 0.717) is 22.2 Å². The van der Waals surface area contributed by atoms with Crippen LogP contribution in [0.15, 0.2) is 18.3 Å². The first-order valence-electron chi connectivity index (χ1n) is 3.76. The second-order valence-corrected chi connectivity index (χ2v) is 3.25. The standard InChI is InChI=1S/C8H5N5S/c9-4-5-2-1-3-11-6(5)7-12-8(10)14-13-7/h1-3H,(H2,10,12,13). The lowest BCUT2D eigenvalue weighted by molar-refractivity contribution is 1.22. The number of aromatic nitrogens is 3. The van der Waals surface area contributed by atoms with Crippen molar-refractivity contribution >= 4 is 16.7 Å². The molecule has 0 saturated heterocycles. The number of nitriles is 1. The van der Waals surface area contributed by atoms with Crippen LogP contribution in [0, 0.1) is 11.3 Å². The fourth-order valence-electron chi connectivity index (χ4n) is 1.01. The Labute approximate surface area is 84.0 Å². The van der Waals surface area contributed by atoms with Crippen LogP contribution >= 0.6 is 11.5 Å². The minimum Gasteiger partial charge on any atom is -0.374 e. The van der Waals surface area contributed by atoms with Gasteiger partial charge in [-0.05, 0) is 12.1 Å². The number of nitrogens with zero attached hydrogens (tertiary/aromatic N) is 4. The van der Waals surface area contributed by atoms with Gasteiger partial charge in [0, 0.05) is 17.7 Å².